The predicted molar refractivity (Wildman–Crippen MR) is 85.3 cm³/mol. The highest BCUT2D eigenvalue weighted by Gasteiger charge is 2.61. The summed E-state index contributed by atoms with van der Waals surface area (Å²) >= 11 is 0. The second kappa shape index (κ2) is 4.71. The maximum atomic E-state index is 13.3. The van der Waals surface area contributed by atoms with E-state index in [2.05, 4.69) is 0 Å². The number of amides is 1. The summed E-state index contributed by atoms with van der Waals surface area (Å²) < 4.78 is 5.57. The van der Waals surface area contributed by atoms with Crippen molar-refractivity contribution in [2.24, 2.45) is 5.73 Å². The van der Waals surface area contributed by atoms with Gasteiger partial charge in [0.25, 0.3) is 0 Å². The lowest BCUT2D eigenvalue weighted by Crippen LogP contribution is -2.48. The fourth-order valence-electron chi connectivity index (χ4n) is 4.01. The summed E-state index contributed by atoms with van der Waals surface area (Å²) in [5, 5.41) is 9.72. The topological polar surface area (TPSA) is 96.4 Å². The van der Waals surface area contributed by atoms with Crippen molar-refractivity contribution in [2.75, 3.05) is 11.9 Å². The minimum absolute atomic E-state index is 0.00157. The maximum absolute atomic E-state index is 13.3. The smallest absolute Gasteiger partial charge is 0.247 e. The molecule has 120 valence electrons. The van der Waals surface area contributed by atoms with E-state index in [1.807, 2.05) is 12.1 Å². The number of nitriles is 1. The van der Waals surface area contributed by atoms with Crippen LogP contribution < -0.4 is 10.6 Å². The summed E-state index contributed by atoms with van der Waals surface area (Å²) in [6, 6.07) is 9.22. The van der Waals surface area contributed by atoms with Crippen LogP contribution in [0.4, 0.5) is 5.69 Å². The Hall–Kier alpha value is -3.07. The molecular weight excluding hydrogens is 306 g/mol. The molecule has 1 atom stereocenters. The van der Waals surface area contributed by atoms with Gasteiger partial charge < -0.3 is 15.4 Å². The molecule has 1 amide bonds. The van der Waals surface area contributed by atoms with E-state index in [9.17, 15) is 14.9 Å². The second-order valence-electron chi connectivity index (χ2n) is 6.16. The maximum Gasteiger partial charge on any atom is 0.247 e. The summed E-state index contributed by atoms with van der Waals surface area (Å²) in [6.45, 7) is 0. The highest BCUT2D eigenvalue weighted by Crippen LogP contribution is 2.55. The fraction of sp³-hybridized carbons (Fsp3) is 0.278. The number of benzene rings is 1. The van der Waals surface area contributed by atoms with E-state index >= 15 is 0 Å². The van der Waals surface area contributed by atoms with Crippen LogP contribution in [-0.4, -0.2) is 18.7 Å². The summed E-state index contributed by atoms with van der Waals surface area (Å²) in [5.41, 5.74) is 6.07. The molecule has 3 aliphatic rings. The summed E-state index contributed by atoms with van der Waals surface area (Å²) in [6.07, 6.45) is 1.51. The molecule has 6 nitrogen and oxygen atoms in total. The number of Topliss-reactive ketones (excluding diaryl/α,β-unsaturated/α-hetero) is 1. The van der Waals surface area contributed by atoms with E-state index in [1.165, 1.54) is 4.90 Å². The van der Waals surface area contributed by atoms with Crippen LogP contribution in [-0.2, 0) is 19.7 Å². The highest BCUT2D eigenvalue weighted by molar-refractivity contribution is 6.19. The number of nitrogens with two attached hydrogens (primary N) is 1. The Kier molecular flexibility index (Phi) is 2.85. The van der Waals surface area contributed by atoms with E-state index < -0.39 is 5.41 Å². The van der Waals surface area contributed by atoms with Crippen molar-refractivity contribution in [3.63, 3.8) is 0 Å². The molecule has 2 heterocycles. The van der Waals surface area contributed by atoms with Crippen molar-refractivity contribution in [2.45, 2.75) is 24.7 Å². The molecule has 1 aliphatic carbocycles. The Bertz CT molecular complexity index is 906. The molecule has 0 saturated heterocycles. The molecule has 2 N–H and O–H groups in total. The van der Waals surface area contributed by atoms with Gasteiger partial charge in [-0.2, -0.15) is 5.26 Å². The zero-order valence-electron chi connectivity index (χ0n) is 13.1. The van der Waals surface area contributed by atoms with Gasteiger partial charge in [-0.25, -0.2) is 0 Å². The normalized spacial score (nSPS) is 25.6. The molecule has 2 aliphatic heterocycles. The molecule has 0 saturated carbocycles. The third-order valence-corrected chi connectivity index (χ3v) is 5.00. The first-order chi connectivity index (χ1) is 11.5. The molecule has 0 bridgehead atoms. The molecule has 6 heteroatoms. The highest BCUT2D eigenvalue weighted by atomic mass is 16.5. The van der Waals surface area contributed by atoms with Crippen molar-refractivity contribution >= 4 is 17.4 Å². The number of carbonyl (C=O) groups is 2. The quantitative estimate of drug-likeness (QED) is 0.783. The van der Waals surface area contributed by atoms with Gasteiger partial charge >= 0.3 is 0 Å². The van der Waals surface area contributed by atoms with Gasteiger partial charge in [0, 0.05) is 31.1 Å². The number of carbonyl (C=O) groups excluding carboxylic acids is 2. The molecular formula is C18H15N3O3. The molecule has 1 aromatic rings. The summed E-state index contributed by atoms with van der Waals surface area (Å²) in [5.74, 6) is -0.171. The monoisotopic (exact) mass is 321 g/mol. The Morgan fingerprint density at radius 1 is 1.29 bits per heavy atom. The Morgan fingerprint density at radius 3 is 2.79 bits per heavy atom. The Labute approximate surface area is 138 Å². The number of allylic oxidation sites excluding steroid dienone is 1. The molecule has 1 spiro atoms. The van der Waals surface area contributed by atoms with Crippen molar-refractivity contribution < 1.29 is 14.3 Å². The van der Waals surface area contributed by atoms with Crippen LogP contribution in [0.25, 0.3) is 0 Å². The van der Waals surface area contributed by atoms with Crippen LogP contribution in [0.3, 0.4) is 0 Å². The summed E-state index contributed by atoms with van der Waals surface area (Å²) in [4.78, 5) is 27.5. The van der Waals surface area contributed by atoms with Gasteiger partial charge in [-0.05, 0) is 12.5 Å². The van der Waals surface area contributed by atoms with E-state index in [-0.39, 0.29) is 28.7 Å². The van der Waals surface area contributed by atoms with Crippen LogP contribution in [0.1, 0.15) is 24.8 Å². The second-order valence-corrected chi connectivity index (χ2v) is 6.16. The van der Waals surface area contributed by atoms with E-state index in [4.69, 9.17) is 10.5 Å². The minimum Gasteiger partial charge on any atom is -0.444 e. The van der Waals surface area contributed by atoms with Gasteiger partial charge in [0.2, 0.25) is 11.8 Å². The zero-order chi connectivity index (χ0) is 17.1. The van der Waals surface area contributed by atoms with Gasteiger partial charge in [-0.1, -0.05) is 18.2 Å². The lowest BCUT2D eigenvalue weighted by atomic mass is 9.65. The average Bonchev–Trinajstić information content (AvgIpc) is 2.79. The van der Waals surface area contributed by atoms with Crippen LogP contribution in [0, 0.1) is 11.3 Å². The fourth-order valence-corrected chi connectivity index (χ4v) is 4.01. The third kappa shape index (κ3) is 1.49. The number of nitrogens with zero attached hydrogens (tertiary/aromatic N) is 2. The standard InChI is InChI=1S/C18H15N3O3/c1-21-12-6-3-2-5-10(12)18(17(21)23)11(9-19)16(20)24-14-8-4-7-13(22)15(14)18/h2-3,5-6H,4,7-8,20H2,1H3. The molecule has 24 heavy (non-hydrogen) atoms. The zero-order valence-corrected chi connectivity index (χ0v) is 13.1. The predicted octanol–water partition coefficient (Wildman–Crippen LogP) is 1.63. The number of fused-ring (bicyclic) bond motifs is 3. The average molecular weight is 321 g/mol. The summed E-state index contributed by atoms with van der Waals surface area (Å²) in [7, 11) is 1.64. The number of hydrogen-bond acceptors (Lipinski definition) is 5. The van der Waals surface area contributed by atoms with Crippen LogP contribution in [0.2, 0.25) is 0 Å². The number of hydrogen-bond donors (Lipinski definition) is 1. The molecule has 0 fully saturated rings. The van der Waals surface area contributed by atoms with Crippen molar-refractivity contribution in [3.8, 4) is 6.07 Å². The lowest BCUT2D eigenvalue weighted by molar-refractivity contribution is -0.124. The first kappa shape index (κ1) is 14.5. The van der Waals surface area contributed by atoms with Crippen LogP contribution in [0.15, 0.2) is 47.1 Å². The third-order valence-electron chi connectivity index (χ3n) is 5.00. The van der Waals surface area contributed by atoms with Crippen LogP contribution >= 0.6 is 0 Å². The number of para-hydroxylation sites is 1. The van der Waals surface area contributed by atoms with Gasteiger partial charge in [-0.15, -0.1) is 0 Å². The number of ketones is 1. The molecule has 4 rings (SSSR count). The van der Waals surface area contributed by atoms with E-state index in [1.54, 1.807) is 25.2 Å². The van der Waals surface area contributed by atoms with Crippen molar-refractivity contribution in [1.82, 2.24) is 0 Å². The van der Waals surface area contributed by atoms with Gasteiger partial charge in [0.1, 0.15) is 22.8 Å². The SMILES string of the molecule is CN1C(=O)C2(C(C#N)=C(N)OC3=C2C(=O)CCC3)c2ccccc21. The van der Waals surface area contributed by atoms with Gasteiger partial charge in [0.05, 0.1) is 5.57 Å². The van der Waals surface area contributed by atoms with Gasteiger partial charge in [-0.3, -0.25) is 9.59 Å². The number of ether oxygens (including phenoxy) is 1. The molecule has 1 aromatic carbocycles. The number of anilines is 1. The first-order valence-electron chi connectivity index (χ1n) is 7.76. The molecule has 0 radical (unpaired) electrons. The lowest BCUT2D eigenvalue weighted by Gasteiger charge is -2.37. The minimum atomic E-state index is -1.48. The largest absolute Gasteiger partial charge is 0.444 e. The number of likely N-dealkylation sites (N-methyl/N-ethyl adjacent to an activating group) is 1. The Balaban J connectivity index is 2.15. The van der Waals surface area contributed by atoms with Crippen molar-refractivity contribution in [1.29, 1.82) is 5.26 Å². The van der Waals surface area contributed by atoms with Crippen molar-refractivity contribution in [3.05, 3.63) is 52.6 Å². The van der Waals surface area contributed by atoms with Crippen LogP contribution in [0.5, 0.6) is 0 Å². The first-order valence-corrected chi connectivity index (χ1v) is 7.76. The molecule has 0 aromatic heterocycles. The molecule has 1 unspecified atom stereocenters. The van der Waals surface area contributed by atoms with Gasteiger partial charge in [0.15, 0.2) is 5.78 Å². The van der Waals surface area contributed by atoms with E-state index in [0.717, 1.165) is 0 Å². The number of rotatable bonds is 0. The Morgan fingerprint density at radius 2 is 2.04 bits per heavy atom. The van der Waals surface area contributed by atoms with E-state index in [0.29, 0.717) is 36.3 Å².